The Morgan fingerprint density at radius 3 is 2.61 bits per heavy atom. The van der Waals surface area contributed by atoms with Crippen molar-refractivity contribution < 1.29 is 4.74 Å². The van der Waals surface area contributed by atoms with Crippen LogP contribution >= 0.6 is 0 Å². The summed E-state index contributed by atoms with van der Waals surface area (Å²) in [5.41, 5.74) is 7.35. The van der Waals surface area contributed by atoms with Crippen LogP contribution in [0.5, 0.6) is 5.75 Å². The number of ether oxygens (including phenoxy) is 1. The molecule has 2 N–H and O–H groups in total. The molecule has 1 heterocycles. The highest BCUT2D eigenvalue weighted by atomic mass is 16.5. The summed E-state index contributed by atoms with van der Waals surface area (Å²) in [6.45, 7) is 0.378. The molecule has 0 radical (unpaired) electrons. The van der Waals surface area contributed by atoms with Gasteiger partial charge in [0.1, 0.15) is 18.2 Å². The van der Waals surface area contributed by atoms with Crippen molar-refractivity contribution in [3.63, 3.8) is 0 Å². The Hall–Kier alpha value is -2.54. The van der Waals surface area contributed by atoms with Gasteiger partial charge in [-0.15, -0.1) is 0 Å². The van der Waals surface area contributed by atoms with Gasteiger partial charge in [-0.05, 0) is 29.8 Å². The molecule has 0 amide bonds. The average molecular weight is 239 g/mol. The molecular formula is C14H13N3O. The van der Waals surface area contributed by atoms with E-state index < -0.39 is 0 Å². The highest BCUT2D eigenvalue weighted by molar-refractivity contribution is 5.30. The van der Waals surface area contributed by atoms with E-state index in [1.54, 1.807) is 6.07 Å². The first-order valence-electron chi connectivity index (χ1n) is 5.58. The zero-order valence-electron chi connectivity index (χ0n) is 9.84. The number of anilines is 1. The van der Waals surface area contributed by atoms with Gasteiger partial charge in [0.05, 0.1) is 18.2 Å². The number of nitrogen functional groups attached to an aromatic ring is 1. The summed E-state index contributed by atoms with van der Waals surface area (Å²) in [4.78, 5) is 4.14. The number of aromatic nitrogens is 1. The van der Waals surface area contributed by atoms with Crippen LogP contribution in [0.25, 0.3) is 0 Å². The molecule has 0 unspecified atom stereocenters. The van der Waals surface area contributed by atoms with Gasteiger partial charge >= 0.3 is 0 Å². The van der Waals surface area contributed by atoms with Gasteiger partial charge in [-0.2, -0.15) is 5.26 Å². The Morgan fingerprint density at radius 1 is 1.17 bits per heavy atom. The first-order valence-corrected chi connectivity index (χ1v) is 5.58. The van der Waals surface area contributed by atoms with Gasteiger partial charge in [0.25, 0.3) is 0 Å². The summed E-state index contributed by atoms with van der Waals surface area (Å²) in [6, 6.07) is 15.0. The third kappa shape index (κ3) is 3.22. The number of nitriles is 1. The Labute approximate surface area is 106 Å². The second kappa shape index (κ2) is 5.69. The van der Waals surface area contributed by atoms with E-state index in [2.05, 4.69) is 11.1 Å². The lowest BCUT2D eigenvalue weighted by atomic mass is 10.2. The maximum absolute atomic E-state index is 8.57. The monoisotopic (exact) mass is 239 g/mol. The van der Waals surface area contributed by atoms with Crippen molar-refractivity contribution in [2.24, 2.45) is 0 Å². The zero-order chi connectivity index (χ0) is 12.8. The summed E-state index contributed by atoms with van der Waals surface area (Å²) in [5.74, 6) is 1.24. The molecule has 0 aliphatic heterocycles. The van der Waals surface area contributed by atoms with Crippen LogP contribution in [0.1, 0.15) is 11.3 Å². The fraction of sp³-hybridized carbons (Fsp3) is 0.143. The first-order chi connectivity index (χ1) is 8.78. The van der Waals surface area contributed by atoms with Crippen molar-refractivity contribution in [1.29, 1.82) is 5.26 Å². The second-order valence-corrected chi connectivity index (χ2v) is 3.82. The lowest BCUT2D eigenvalue weighted by molar-refractivity contribution is 0.301. The van der Waals surface area contributed by atoms with Crippen molar-refractivity contribution in [1.82, 2.24) is 4.98 Å². The smallest absolute Gasteiger partial charge is 0.130 e. The van der Waals surface area contributed by atoms with E-state index in [9.17, 15) is 0 Å². The second-order valence-electron chi connectivity index (χ2n) is 3.82. The van der Waals surface area contributed by atoms with Gasteiger partial charge in [-0.1, -0.05) is 18.2 Å². The third-order valence-electron chi connectivity index (χ3n) is 2.42. The van der Waals surface area contributed by atoms with Crippen LogP contribution in [-0.4, -0.2) is 4.98 Å². The summed E-state index contributed by atoms with van der Waals surface area (Å²) in [7, 11) is 0. The fourth-order valence-corrected chi connectivity index (χ4v) is 1.53. The van der Waals surface area contributed by atoms with E-state index in [1.165, 1.54) is 0 Å². The molecule has 18 heavy (non-hydrogen) atoms. The zero-order valence-corrected chi connectivity index (χ0v) is 9.84. The summed E-state index contributed by atoms with van der Waals surface area (Å²) in [6.07, 6.45) is 0.414. The molecule has 0 atom stereocenters. The van der Waals surface area contributed by atoms with Crippen molar-refractivity contribution in [2.45, 2.75) is 13.0 Å². The van der Waals surface area contributed by atoms with Gasteiger partial charge in [-0.3, -0.25) is 0 Å². The number of rotatable bonds is 4. The van der Waals surface area contributed by atoms with Gasteiger partial charge in [0, 0.05) is 0 Å². The first kappa shape index (κ1) is 11.9. The normalized spacial score (nSPS) is 9.72. The molecule has 1 aromatic heterocycles. The van der Waals surface area contributed by atoms with Crippen molar-refractivity contribution in [2.75, 3.05) is 5.73 Å². The van der Waals surface area contributed by atoms with E-state index in [1.807, 2.05) is 36.4 Å². The predicted octanol–water partition coefficient (Wildman–Crippen LogP) is 2.31. The largest absolute Gasteiger partial charge is 0.487 e. The molecule has 0 spiro atoms. The van der Waals surface area contributed by atoms with Gasteiger partial charge in [0.15, 0.2) is 0 Å². The maximum Gasteiger partial charge on any atom is 0.130 e. The van der Waals surface area contributed by atoms with Crippen LogP contribution in [-0.2, 0) is 13.0 Å². The lowest BCUT2D eigenvalue weighted by Crippen LogP contribution is -2.00. The van der Waals surface area contributed by atoms with Crippen LogP contribution in [0, 0.1) is 11.3 Å². The highest BCUT2D eigenvalue weighted by Crippen LogP contribution is 2.14. The molecular weight excluding hydrogens is 226 g/mol. The Kier molecular flexibility index (Phi) is 3.77. The molecule has 0 aliphatic rings. The van der Waals surface area contributed by atoms with Crippen LogP contribution < -0.4 is 10.5 Å². The van der Waals surface area contributed by atoms with E-state index in [-0.39, 0.29) is 0 Å². The van der Waals surface area contributed by atoms with Gasteiger partial charge in [-0.25, -0.2) is 4.98 Å². The average Bonchev–Trinajstić information content (AvgIpc) is 2.38. The SMILES string of the molecule is N#CCc1ccc(OCc2cccc(N)n2)cc1. The number of hydrogen-bond acceptors (Lipinski definition) is 4. The van der Waals surface area contributed by atoms with Gasteiger partial charge in [0.2, 0.25) is 0 Å². The predicted molar refractivity (Wildman–Crippen MR) is 68.7 cm³/mol. The minimum absolute atomic E-state index is 0.378. The maximum atomic E-state index is 8.57. The van der Waals surface area contributed by atoms with E-state index in [4.69, 9.17) is 15.7 Å². The van der Waals surface area contributed by atoms with E-state index in [0.717, 1.165) is 17.0 Å². The molecule has 90 valence electrons. The number of nitrogens with two attached hydrogens (primary N) is 1. The number of benzene rings is 1. The molecule has 1 aromatic carbocycles. The van der Waals surface area contributed by atoms with Crippen molar-refractivity contribution in [3.05, 3.63) is 53.7 Å². The lowest BCUT2D eigenvalue weighted by Gasteiger charge is -2.06. The topological polar surface area (TPSA) is 71.9 Å². The molecule has 2 rings (SSSR count). The summed E-state index contributed by atoms with van der Waals surface area (Å²) >= 11 is 0. The molecule has 0 saturated carbocycles. The molecule has 0 aliphatic carbocycles. The quantitative estimate of drug-likeness (QED) is 0.888. The fourth-order valence-electron chi connectivity index (χ4n) is 1.53. The third-order valence-corrected chi connectivity index (χ3v) is 2.42. The van der Waals surface area contributed by atoms with Crippen molar-refractivity contribution in [3.8, 4) is 11.8 Å². The van der Waals surface area contributed by atoms with Crippen LogP contribution in [0.15, 0.2) is 42.5 Å². The standard InChI is InChI=1S/C14H13N3O/c15-9-8-11-4-6-13(7-5-11)18-10-12-2-1-3-14(16)17-12/h1-7H,8,10H2,(H2,16,17). The van der Waals surface area contributed by atoms with Crippen LogP contribution in [0.4, 0.5) is 5.82 Å². The Balaban J connectivity index is 1.96. The molecule has 4 heteroatoms. The molecule has 0 bridgehead atoms. The molecule has 4 nitrogen and oxygen atoms in total. The van der Waals surface area contributed by atoms with E-state index in [0.29, 0.717) is 18.8 Å². The molecule has 0 fully saturated rings. The Bertz CT molecular complexity index is 558. The Morgan fingerprint density at radius 2 is 1.94 bits per heavy atom. The number of nitrogens with zero attached hydrogens (tertiary/aromatic N) is 2. The number of pyridine rings is 1. The van der Waals surface area contributed by atoms with E-state index >= 15 is 0 Å². The minimum Gasteiger partial charge on any atom is -0.487 e. The molecule has 2 aromatic rings. The highest BCUT2D eigenvalue weighted by Gasteiger charge is 1.98. The summed E-state index contributed by atoms with van der Waals surface area (Å²) < 4.78 is 5.58. The van der Waals surface area contributed by atoms with Gasteiger partial charge < -0.3 is 10.5 Å². The van der Waals surface area contributed by atoms with Crippen molar-refractivity contribution >= 4 is 5.82 Å². The summed E-state index contributed by atoms with van der Waals surface area (Å²) in [5, 5.41) is 8.57. The minimum atomic E-state index is 0.378. The number of hydrogen-bond donors (Lipinski definition) is 1. The molecule has 0 saturated heterocycles. The van der Waals surface area contributed by atoms with Crippen LogP contribution in [0.2, 0.25) is 0 Å². The van der Waals surface area contributed by atoms with Crippen LogP contribution in [0.3, 0.4) is 0 Å².